The summed E-state index contributed by atoms with van der Waals surface area (Å²) in [6, 6.07) is 3.42. The van der Waals surface area contributed by atoms with Gasteiger partial charge in [0.15, 0.2) is 4.91 Å². The molecule has 0 aliphatic carbocycles. The standard InChI is InChI=1S/C14H14N4O3S2/c1-8-6-9(2)17-14(16-8)15-7-11-12(19)13-10(4-5-22-13)18(3)23(11,20)21/h4-7H,1-3H3,(H,15,16,17)/b11-7+. The Morgan fingerprint density at radius 1 is 1.26 bits per heavy atom. The summed E-state index contributed by atoms with van der Waals surface area (Å²) in [6.45, 7) is 3.61. The van der Waals surface area contributed by atoms with Crippen LogP contribution in [0.3, 0.4) is 0 Å². The predicted molar refractivity (Wildman–Crippen MR) is 89.2 cm³/mol. The monoisotopic (exact) mass is 350 g/mol. The number of fused-ring (bicyclic) bond motifs is 1. The first-order valence-electron chi connectivity index (χ1n) is 6.71. The zero-order valence-corrected chi connectivity index (χ0v) is 14.3. The van der Waals surface area contributed by atoms with Gasteiger partial charge >= 0.3 is 0 Å². The van der Waals surface area contributed by atoms with Gasteiger partial charge in [0.1, 0.15) is 4.88 Å². The number of anilines is 2. The molecule has 1 N–H and O–H groups in total. The van der Waals surface area contributed by atoms with Gasteiger partial charge in [0.2, 0.25) is 11.7 Å². The van der Waals surface area contributed by atoms with Crippen LogP contribution in [0.25, 0.3) is 0 Å². The number of aromatic nitrogens is 2. The molecule has 120 valence electrons. The number of nitrogens with zero attached hydrogens (tertiary/aromatic N) is 3. The Morgan fingerprint density at radius 3 is 2.57 bits per heavy atom. The number of rotatable bonds is 2. The quantitative estimate of drug-likeness (QED) is 0.834. The minimum atomic E-state index is -3.89. The van der Waals surface area contributed by atoms with Gasteiger partial charge in [-0.2, -0.15) is 0 Å². The Hall–Kier alpha value is -2.26. The number of nitrogens with one attached hydrogen (secondary N) is 1. The SMILES string of the molecule is Cc1cc(C)nc(N/C=C2\C(=O)c3sccc3N(C)S2(=O)=O)n1. The van der Waals surface area contributed by atoms with Crippen molar-refractivity contribution in [1.29, 1.82) is 0 Å². The molecule has 0 radical (unpaired) electrons. The topological polar surface area (TPSA) is 92.3 Å². The van der Waals surface area contributed by atoms with Gasteiger partial charge in [-0.3, -0.25) is 9.10 Å². The fraction of sp³-hybridized carbons (Fsp3) is 0.214. The molecule has 0 atom stereocenters. The van der Waals surface area contributed by atoms with E-state index in [-0.39, 0.29) is 10.9 Å². The molecule has 9 heteroatoms. The number of ketones is 1. The molecule has 0 saturated heterocycles. The van der Waals surface area contributed by atoms with Crippen molar-refractivity contribution in [1.82, 2.24) is 9.97 Å². The lowest BCUT2D eigenvalue weighted by molar-refractivity contribution is 0.104. The van der Waals surface area contributed by atoms with Crippen molar-refractivity contribution in [2.75, 3.05) is 16.7 Å². The van der Waals surface area contributed by atoms with Gasteiger partial charge < -0.3 is 5.32 Å². The number of hydrogen-bond donors (Lipinski definition) is 1. The Bertz CT molecular complexity index is 911. The number of hydrogen-bond acceptors (Lipinski definition) is 7. The number of carbonyl (C=O) groups is 1. The molecule has 3 rings (SSSR count). The van der Waals surface area contributed by atoms with Crippen molar-refractivity contribution in [3.63, 3.8) is 0 Å². The Balaban J connectivity index is 2.03. The third-order valence-corrected chi connectivity index (χ3v) is 6.05. The van der Waals surface area contributed by atoms with Gasteiger partial charge in [-0.25, -0.2) is 18.4 Å². The summed E-state index contributed by atoms with van der Waals surface area (Å²) in [6.07, 6.45) is 1.16. The van der Waals surface area contributed by atoms with Crippen molar-refractivity contribution in [3.8, 4) is 0 Å². The van der Waals surface area contributed by atoms with Crippen LogP contribution in [-0.2, 0) is 10.0 Å². The van der Waals surface area contributed by atoms with Gasteiger partial charge in [0, 0.05) is 24.6 Å². The summed E-state index contributed by atoms with van der Waals surface area (Å²) >= 11 is 1.21. The summed E-state index contributed by atoms with van der Waals surface area (Å²) in [5.74, 6) is -0.275. The lowest BCUT2D eigenvalue weighted by Gasteiger charge is -2.25. The van der Waals surface area contributed by atoms with E-state index in [9.17, 15) is 13.2 Å². The third-order valence-electron chi connectivity index (χ3n) is 3.37. The largest absolute Gasteiger partial charge is 0.329 e. The Morgan fingerprint density at radius 2 is 1.91 bits per heavy atom. The molecule has 3 heterocycles. The molecular weight excluding hydrogens is 336 g/mol. The smallest absolute Gasteiger partial charge is 0.269 e. The molecule has 2 aromatic rings. The van der Waals surface area contributed by atoms with Crippen LogP contribution in [0, 0.1) is 13.8 Å². The molecule has 0 unspecified atom stereocenters. The van der Waals surface area contributed by atoms with Crippen molar-refractivity contribution in [3.05, 3.63) is 44.9 Å². The van der Waals surface area contributed by atoms with E-state index in [1.54, 1.807) is 31.4 Å². The van der Waals surface area contributed by atoms with E-state index in [0.29, 0.717) is 10.6 Å². The summed E-state index contributed by atoms with van der Waals surface area (Å²) in [5, 5.41) is 4.41. The first-order valence-corrected chi connectivity index (χ1v) is 9.03. The van der Waals surface area contributed by atoms with Crippen LogP contribution in [0.15, 0.2) is 28.6 Å². The Kier molecular flexibility index (Phi) is 3.69. The highest BCUT2D eigenvalue weighted by molar-refractivity contribution is 7.97. The molecule has 1 aliphatic rings. The van der Waals surface area contributed by atoms with Crippen molar-refractivity contribution < 1.29 is 13.2 Å². The molecule has 0 fully saturated rings. The van der Waals surface area contributed by atoms with Gasteiger partial charge in [0.05, 0.1) is 5.69 Å². The molecule has 0 spiro atoms. The average molecular weight is 350 g/mol. The number of aryl methyl sites for hydroxylation is 2. The minimum absolute atomic E-state index is 0.248. The molecule has 0 aromatic carbocycles. The zero-order valence-electron chi connectivity index (χ0n) is 12.7. The van der Waals surface area contributed by atoms with E-state index in [2.05, 4.69) is 15.3 Å². The minimum Gasteiger partial charge on any atom is -0.329 e. The number of carbonyl (C=O) groups excluding carboxylic acids is 1. The first-order chi connectivity index (χ1) is 10.8. The van der Waals surface area contributed by atoms with E-state index in [0.717, 1.165) is 21.9 Å². The highest BCUT2D eigenvalue weighted by Gasteiger charge is 2.39. The van der Waals surface area contributed by atoms with E-state index < -0.39 is 15.8 Å². The summed E-state index contributed by atoms with van der Waals surface area (Å²) in [4.78, 5) is 20.8. The normalized spacial score (nSPS) is 18.1. The van der Waals surface area contributed by atoms with Crippen molar-refractivity contribution >= 4 is 38.8 Å². The average Bonchev–Trinajstić information content (AvgIpc) is 2.93. The summed E-state index contributed by atoms with van der Waals surface area (Å²) in [5.41, 5.74) is 1.89. The number of allylic oxidation sites excluding steroid dienone is 1. The van der Waals surface area contributed by atoms with E-state index in [4.69, 9.17) is 0 Å². The third kappa shape index (κ3) is 2.62. The molecule has 23 heavy (non-hydrogen) atoms. The van der Waals surface area contributed by atoms with Crippen molar-refractivity contribution in [2.45, 2.75) is 13.8 Å². The van der Waals surface area contributed by atoms with Crippen LogP contribution in [0.2, 0.25) is 0 Å². The van der Waals surface area contributed by atoms with Crippen LogP contribution < -0.4 is 9.62 Å². The van der Waals surface area contributed by atoms with Crippen LogP contribution in [0.1, 0.15) is 21.1 Å². The summed E-state index contributed by atoms with van der Waals surface area (Å²) in [7, 11) is -2.47. The molecule has 2 aromatic heterocycles. The predicted octanol–water partition coefficient (Wildman–Crippen LogP) is 2.07. The van der Waals surface area contributed by atoms with E-state index >= 15 is 0 Å². The molecule has 0 saturated carbocycles. The van der Waals surface area contributed by atoms with E-state index in [1.807, 2.05) is 0 Å². The molecular formula is C14H14N4O3S2. The van der Waals surface area contributed by atoms with Crippen LogP contribution >= 0.6 is 11.3 Å². The second-order valence-electron chi connectivity index (χ2n) is 5.06. The molecule has 0 amide bonds. The molecule has 1 aliphatic heterocycles. The Labute approximate surface area is 137 Å². The number of Topliss-reactive ketones (excluding diaryl/α,β-unsaturated/α-hetero) is 1. The van der Waals surface area contributed by atoms with Gasteiger partial charge in [-0.05, 0) is 31.4 Å². The lowest BCUT2D eigenvalue weighted by Crippen LogP contribution is -2.35. The second kappa shape index (κ2) is 5.43. The van der Waals surface area contributed by atoms with Gasteiger partial charge in [0.25, 0.3) is 10.0 Å². The number of thiophene rings is 1. The maximum absolute atomic E-state index is 12.5. The van der Waals surface area contributed by atoms with Gasteiger partial charge in [-0.15, -0.1) is 11.3 Å². The van der Waals surface area contributed by atoms with Crippen molar-refractivity contribution in [2.24, 2.45) is 0 Å². The van der Waals surface area contributed by atoms with Crippen LogP contribution in [0.4, 0.5) is 11.6 Å². The fourth-order valence-corrected chi connectivity index (χ4v) is 4.54. The lowest BCUT2D eigenvalue weighted by atomic mass is 10.2. The van der Waals surface area contributed by atoms with Crippen LogP contribution in [-0.4, -0.2) is 31.2 Å². The maximum Gasteiger partial charge on any atom is 0.269 e. The zero-order chi connectivity index (χ0) is 16.8. The second-order valence-corrected chi connectivity index (χ2v) is 7.92. The fourth-order valence-electron chi connectivity index (χ4n) is 2.29. The highest BCUT2D eigenvalue weighted by Crippen LogP contribution is 2.37. The summed E-state index contributed by atoms with van der Waals surface area (Å²) < 4.78 is 26.1. The molecule has 0 bridgehead atoms. The van der Waals surface area contributed by atoms with Gasteiger partial charge in [-0.1, -0.05) is 0 Å². The number of sulfonamides is 1. The first kappa shape index (κ1) is 15.6. The van der Waals surface area contributed by atoms with E-state index in [1.165, 1.54) is 18.4 Å². The maximum atomic E-state index is 12.5. The highest BCUT2D eigenvalue weighted by atomic mass is 32.2. The van der Waals surface area contributed by atoms with Crippen LogP contribution in [0.5, 0.6) is 0 Å². The molecule has 7 nitrogen and oxygen atoms in total.